The van der Waals surface area contributed by atoms with Gasteiger partial charge in [0.15, 0.2) is 0 Å². The van der Waals surface area contributed by atoms with E-state index in [1.807, 2.05) is 26.0 Å². The zero-order valence-electron chi connectivity index (χ0n) is 17.0. The summed E-state index contributed by atoms with van der Waals surface area (Å²) in [7, 11) is -3.64. The molecule has 1 heterocycles. The average Bonchev–Trinajstić information content (AvgIpc) is 3.18. The summed E-state index contributed by atoms with van der Waals surface area (Å²) in [4.78, 5) is 4.82. The maximum atomic E-state index is 12.5. The molecule has 0 spiro atoms. The lowest BCUT2D eigenvalue weighted by Crippen LogP contribution is -2.12. The van der Waals surface area contributed by atoms with Gasteiger partial charge >= 0.3 is 0 Å². The molecule has 0 amide bonds. The van der Waals surface area contributed by atoms with Gasteiger partial charge in [0, 0.05) is 16.8 Å². The first kappa shape index (κ1) is 19.9. The fourth-order valence-corrected chi connectivity index (χ4v) is 4.30. The monoisotopic (exact) mass is 418 g/mol. The van der Waals surface area contributed by atoms with Crippen molar-refractivity contribution in [1.29, 1.82) is 0 Å². The average molecular weight is 419 g/mol. The van der Waals surface area contributed by atoms with Gasteiger partial charge < -0.3 is 4.42 Å². The molecule has 0 radical (unpaired) electrons. The summed E-state index contributed by atoms with van der Waals surface area (Å²) in [5.41, 5.74) is 6.37. The van der Waals surface area contributed by atoms with Crippen LogP contribution in [0.25, 0.3) is 22.7 Å². The quantitative estimate of drug-likeness (QED) is 0.449. The minimum absolute atomic E-state index is 0.225. The van der Waals surface area contributed by atoms with Gasteiger partial charge in [-0.3, -0.25) is 4.72 Å². The Morgan fingerprint density at radius 1 is 0.833 bits per heavy atom. The van der Waals surface area contributed by atoms with E-state index in [-0.39, 0.29) is 4.90 Å². The van der Waals surface area contributed by atoms with Gasteiger partial charge in [0.25, 0.3) is 10.0 Å². The fourth-order valence-electron chi connectivity index (χ4n) is 3.24. The molecule has 0 aliphatic rings. The molecule has 0 aliphatic carbocycles. The van der Waals surface area contributed by atoms with Crippen molar-refractivity contribution in [2.24, 2.45) is 0 Å². The number of nitrogens with one attached hydrogen (secondary N) is 1. The maximum absolute atomic E-state index is 12.5. The Labute approximate surface area is 176 Å². The van der Waals surface area contributed by atoms with E-state index in [1.54, 1.807) is 54.8 Å². The van der Waals surface area contributed by atoms with Gasteiger partial charge in [-0.05, 0) is 62.7 Å². The number of hydrogen-bond donors (Lipinski definition) is 1. The van der Waals surface area contributed by atoms with Crippen LogP contribution in [0.4, 0.5) is 5.69 Å². The Bertz CT molecular complexity index is 1290. The zero-order valence-corrected chi connectivity index (χ0v) is 17.8. The molecule has 152 valence electrons. The lowest BCUT2D eigenvalue weighted by Gasteiger charge is -2.08. The Morgan fingerprint density at radius 3 is 2.17 bits per heavy atom. The van der Waals surface area contributed by atoms with E-state index in [1.165, 1.54) is 5.56 Å². The fraction of sp³-hybridized carbons (Fsp3) is 0.125. The molecule has 0 aliphatic heterocycles. The molecule has 3 aromatic carbocycles. The predicted molar refractivity (Wildman–Crippen MR) is 119 cm³/mol. The van der Waals surface area contributed by atoms with Crippen molar-refractivity contribution in [3.05, 3.63) is 89.7 Å². The number of hydrogen-bond acceptors (Lipinski definition) is 4. The Balaban J connectivity index is 1.54. The topological polar surface area (TPSA) is 72.2 Å². The number of aryl methyl sites for hydroxylation is 3. The van der Waals surface area contributed by atoms with Crippen molar-refractivity contribution in [3.63, 3.8) is 0 Å². The molecule has 1 N–H and O–H groups in total. The summed E-state index contributed by atoms with van der Waals surface area (Å²) >= 11 is 0. The van der Waals surface area contributed by atoms with E-state index in [9.17, 15) is 8.42 Å². The molecule has 0 fully saturated rings. The number of sulfonamides is 1. The molecule has 5 nitrogen and oxygen atoms in total. The third-order valence-electron chi connectivity index (χ3n) is 4.88. The number of rotatable bonds is 5. The molecule has 0 bridgehead atoms. The second kappa shape index (κ2) is 7.80. The highest BCUT2D eigenvalue weighted by Crippen LogP contribution is 2.28. The van der Waals surface area contributed by atoms with Crippen molar-refractivity contribution in [3.8, 4) is 22.7 Å². The van der Waals surface area contributed by atoms with E-state index in [2.05, 4.69) is 22.7 Å². The van der Waals surface area contributed by atoms with E-state index in [0.29, 0.717) is 11.6 Å². The Hall–Kier alpha value is -3.38. The second-order valence-corrected chi connectivity index (χ2v) is 9.03. The van der Waals surface area contributed by atoms with Crippen LogP contribution in [0, 0.1) is 20.8 Å². The van der Waals surface area contributed by atoms with E-state index < -0.39 is 10.0 Å². The van der Waals surface area contributed by atoms with E-state index in [4.69, 9.17) is 4.42 Å². The summed E-state index contributed by atoms with van der Waals surface area (Å²) in [5.74, 6) is 0.484. The third kappa shape index (κ3) is 4.14. The predicted octanol–water partition coefficient (Wildman–Crippen LogP) is 5.73. The van der Waals surface area contributed by atoms with Gasteiger partial charge in [0.2, 0.25) is 5.89 Å². The molecular weight excluding hydrogens is 396 g/mol. The highest BCUT2D eigenvalue weighted by atomic mass is 32.2. The van der Waals surface area contributed by atoms with Crippen LogP contribution in [0.15, 0.2) is 82.3 Å². The summed E-state index contributed by atoms with van der Waals surface area (Å²) in [6.45, 7) is 6.02. The number of benzene rings is 3. The molecule has 30 heavy (non-hydrogen) atoms. The Morgan fingerprint density at radius 2 is 1.50 bits per heavy atom. The van der Waals surface area contributed by atoms with E-state index in [0.717, 1.165) is 27.9 Å². The number of anilines is 1. The van der Waals surface area contributed by atoms with Crippen molar-refractivity contribution in [2.45, 2.75) is 25.7 Å². The first-order valence-corrected chi connectivity index (χ1v) is 11.0. The van der Waals surface area contributed by atoms with E-state index >= 15 is 0 Å². The number of oxazole rings is 1. The summed E-state index contributed by atoms with van der Waals surface area (Å²) in [6.07, 6.45) is 1.64. The van der Waals surface area contributed by atoms with Gasteiger partial charge in [0.1, 0.15) is 12.0 Å². The van der Waals surface area contributed by atoms with Crippen LogP contribution in [0.5, 0.6) is 0 Å². The molecule has 1 aromatic heterocycles. The molecular formula is C24H22N2O3S. The highest BCUT2D eigenvalue weighted by Gasteiger charge is 2.15. The molecule has 4 rings (SSSR count). The SMILES string of the molecule is Cc1ccc(S(=O)(=O)Nc2ccc(-c3nc(-c4ccc(C)cc4C)co3)cc2)cc1. The Kier molecular flexibility index (Phi) is 5.18. The van der Waals surface area contributed by atoms with Crippen LogP contribution in [-0.2, 0) is 10.0 Å². The van der Waals surface area contributed by atoms with Crippen molar-refractivity contribution in [2.75, 3.05) is 4.72 Å². The molecule has 0 saturated heterocycles. The summed E-state index contributed by atoms with van der Waals surface area (Å²) < 4.78 is 33.3. The molecule has 0 unspecified atom stereocenters. The van der Waals surface area contributed by atoms with Gasteiger partial charge in [-0.15, -0.1) is 0 Å². The summed E-state index contributed by atoms with van der Waals surface area (Å²) in [6, 6.07) is 19.9. The normalized spacial score (nSPS) is 11.4. The van der Waals surface area contributed by atoms with Gasteiger partial charge in [-0.1, -0.05) is 41.5 Å². The van der Waals surface area contributed by atoms with Crippen molar-refractivity contribution >= 4 is 15.7 Å². The minimum atomic E-state index is -3.64. The number of aromatic nitrogens is 1. The van der Waals surface area contributed by atoms with Crippen LogP contribution >= 0.6 is 0 Å². The first-order chi connectivity index (χ1) is 14.3. The van der Waals surface area contributed by atoms with Crippen molar-refractivity contribution in [1.82, 2.24) is 4.98 Å². The van der Waals surface area contributed by atoms with Crippen LogP contribution in [-0.4, -0.2) is 13.4 Å². The minimum Gasteiger partial charge on any atom is -0.444 e. The number of nitrogens with zero attached hydrogens (tertiary/aromatic N) is 1. The molecule has 4 aromatic rings. The van der Waals surface area contributed by atoms with Crippen LogP contribution < -0.4 is 4.72 Å². The van der Waals surface area contributed by atoms with Gasteiger partial charge in [-0.2, -0.15) is 0 Å². The first-order valence-electron chi connectivity index (χ1n) is 9.55. The lowest BCUT2D eigenvalue weighted by atomic mass is 10.0. The van der Waals surface area contributed by atoms with Crippen molar-refractivity contribution < 1.29 is 12.8 Å². The molecule has 6 heteroatoms. The lowest BCUT2D eigenvalue weighted by molar-refractivity contribution is 0.575. The maximum Gasteiger partial charge on any atom is 0.261 e. The smallest absolute Gasteiger partial charge is 0.261 e. The van der Waals surface area contributed by atoms with Gasteiger partial charge in [0.05, 0.1) is 4.90 Å². The highest BCUT2D eigenvalue weighted by molar-refractivity contribution is 7.92. The summed E-state index contributed by atoms with van der Waals surface area (Å²) in [5, 5.41) is 0. The largest absolute Gasteiger partial charge is 0.444 e. The second-order valence-electron chi connectivity index (χ2n) is 7.35. The molecule has 0 atom stereocenters. The zero-order chi connectivity index (χ0) is 21.3. The van der Waals surface area contributed by atoms with Crippen LogP contribution in [0.1, 0.15) is 16.7 Å². The molecule has 0 saturated carbocycles. The van der Waals surface area contributed by atoms with Crippen LogP contribution in [0.3, 0.4) is 0 Å². The third-order valence-corrected chi connectivity index (χ3v) is 6.27. The van der Waals surface area contributed by atoms with Crippen LogP contribution in [0.2, 0.25) is 0 Å². The van der Waals surface area contributed by atoms with Gasteiger partial charge in [-0.25, -0.2) is 13.4 Å². The standard InChI is InChI=1S/C24H22N2O3S/c1-16-4-11-21(12-5-16)30(27,28)26-20-9-7-19(8-10-20)24-25-23(15-29-24)22-13-6-17(2)14-18(22)3/h4-15,26H,1-3H3.